The molecule has 2 aromatic heterocycles. The van der Waals surface area contributed by atoms with Gasteiger partial charge in [0.05, 0.1) is 28.4 Å². The number of pyridine rings is 1. The monoisotopic (exact) mass is 504 g/mol. The third-order valence-electron chi connectivity index (χ3n) is 6.49. The highest BCUT2D eigenvalue weighted by atomic mass is 32.1. The molecule has 2 aromatic carbocycles. The van der Waals surface area contributed by atoms with Gasteiger partial charge in [0.25, 0.3) is 5.91 Å². The molecule has 0 fully saturated rings. The molecular weight excluding hydrogens is 476 g/mol. The Labute approximate surface area is 213 Å². The molecule has 1 atom stereocenters. The van der Waals surface area contributed by atoms with Crippen LogP contribution >= 0.6 is 11.3 Å². The van der Waals surface area contributed by atoms with Gasteiger partial charge in [0.2, 0.25) is 0 Å². The molecule has 0 radical (unpaired) electrons. The summed E-state index contributed by atoms with van der Waals surface area (Å²) in [5, 5.41) is 3.95. The van der Waals surface area contributed by atoms with Gasteiger partial charge in [-0.05, 0) is 45.0 Å². The van der Waals surface area contributed by atoms with Crippen molar-refractivity contribution in [1.29, 1.82) is 0 Å². The van der Waals surface area contributed by atoms with Crippen molar-refractivity contribution in [2.75, 3.05) is 19.0 Å². The van der Waals surface area contributed by atoms with Crippen molar-refractivity contribution in [2.45, 2.75) is 45.9 Å². The molecule has 0 spiro atoms. The van der Waals surface area contributed by atoms with Gasteiger partial charge in [-0.1, -0.05) is 29.5 Å². The van der Waals surface area contributed by atoms with Gasteiger partial charge in [-0.15, -0.1) is 0 Å². The molecule has 0 saturated carbocycles. The van der Waals surface area contributed by atoms with E-state index in [1.807, 2.05) is 42.5 Å². The molecule has 1 amide bonds. The van der Waals surface area contributed by atoms with Crippen LogP contribution in [0.1, 0.15) is 42.4 Å². The predicted molar refractivity (Wildman–Crippen MR) is 141 cm³/mol. The number of amides is 1. The maximum Gasteiger partial charge on any atom is 0.339 e. The van der Waals surface area contributed by atoms with Crippen molar-refractivity contribution >= 4 is 49.5 Å². The first-order chi connectivity index (χ1) is 17.3. The number of thiazole rings is 1. The first-order valence-corrected chi connectivity index (χ1v) is 12.8. The number of benzene rings is 2. The lowest BCUT2D eigenvalue weighted by Crippen LogP contribution is -2.37. The summed E-state index contributed by atoms with van der Waals surface area (Å²) in [5.41, 5.74) is 3.80. The normalized spacial score (nSPS) is 14.6. The lowest BCUT2D eigenvalue weighted by atomic mass is 9.95. The summed E-state index contributed by atoms with van der Waals surface area (Å²) in [7, 11) is 1.60. The van der Waals surface area contributed by atoms with Crippen LogP contribution in [-0.4, -0.2) is 52.5 Å². The number of anilines is 1. The van der Waals surface area contributed by atoms with Crippen LogP contribution in [0, 0.1) is 0 Å². The molecule has 0 bridgehead atoms. The number of fused-ring (bicyclic) bond motifs is 3. The van der Waals surface area contributed by atoms with Gasteiger partial charge in [-0.2, -0.15) is 0 Å². The molecule has 1 aliphatic heterocycles. The molecular formula is C27H28N4O4S. The summed E-state index contributed by atoms with van der Waals surface area (Å²) < 4.78 is 11.9. The van der Waals surface area contributed by atoms with Crippen LogP contribution in [0.2, 0.25) is 0 Å². The fourth-order valence-corrected chi connectivity index (χ4v) is 5.35. The van der Waals surface area contributed by atoms with Crippen molar-refractivity contribution < 1.29 is 19.1 Å². The van der Waals surface area contributed by atoms with Crippen molar-refractivity contribution in [3.63, 3.8) is 0 Å². The van der Waals surface area contributed by atoms with Crippen molar-refractivity contribution in [1.82, 2.24) is 14.9 Å². The van der Waals surface area contributed by atoms with Crippen LogP contribution in [0.25, 0.3) is 21.1 Å². The van der Waals surface area contributed by atoms with E-state index in [0.29, 0.717) is 23.3 Å². The molecule has 0 aliphatic carbocycles. The highest BCUT2D eigenvalue weighted by Crippen LogP contribution is 2.31. The molecule has 1 N–H and O–H groups in total. The van der Waals surface area contributed by atoms with Gasteiger partial charge in [-0.3, -0.25) is 20.0 Å². The smallest absolute Gasteiger partial charge is 0.339 e. The average molecular weight is 505 g/mol. The number of hydrogen-bond acceptors (Lipinski definition) is 8. The number of esters is 1. The van der Waals surface area contributed by atoms with Crippen LogP contribution < -0.4 is 10.1 Å². The molecule has 1 unspecified atom stereocenters. The quantitative estimate of drug-likeness (QED) is 0.377. The van der Waals surface area contributed by atoms with E-state index >= 15 is 0 Å². The lowest BCUT2D eigenvalue weighted by molar-refractivity contribution is -0.123. The highest BCUT2D eigenvalue weighted by Gasteiger charge is 2.29. The minimum Gasteiger partial charge on any atom is -0.497 e. The zero-order valence-electron chi connectivity index (χ0n) is 20.7. The zero-order valence-corrected chi connectivity index (χ0v) is 21.5. The Morgan fingerprint density at radius 3 is 2.67 bits per heavy atom. The minimum atomic E-state index is -1.01. The van der Waals surface area contributed by atoms with E-state index in [1.165, 1.54) is 11.3 Å². The summed E-state index contributed by atoms with van der Waals surface area (Å²) in [6.07, 6.45) is -0.247. The minimum absolute atomic E-state index is 0.340. The Hall–Kier alpha value is -3.56. The molecule has 9 heteroatoms. The van der Waals surface area contributed by atoms with Gasteiger partial charge in [0.15, 0.2) is 11.2 Å². The number of nitrogens with zero attached hydrogens (tertiary/aromatic N) is 3. The Bertz CT molecular complexity index is 1470. The van der Waals surface area contributed by atoms with E-state index in [0.717, 1.165) is 51.1 Å². The van der Waals surface area contributed by atoms with Crippen LogP contribution in [0.3, 0.4) is 0 Å². The Kier molecular flexibility index (Phi) is 6.59. The number of para-hydroxylation sites is 1. The topological polar surface area (TPSA) is 93.7 Å². The number of carbonyl (C=O) groups is 2. The number of nitrogens with one attached hydrogen (secondary N) is 1. The van der Waals surface area contributed by atoms with Crippen molar-refractivity contribution in [3.8, 4) is 5.75 Å². The molecule has 0 saturated heterocycles. The average Bonchev–Trinajstić information content (AvgIpc) is 3.27. The molecule has 1 aliphatic rings. The first kappa shape index (κ1) is 24.1. The molecule has 4 aromatic rings. The predicted octanol–water partition coefficient (Wildman–Crippen LogP) is 4.80. The number of methoxy groups -OCH3 is 1. The number of carbonyl (C=O) groups excluding carboxylic acids is 2. The molecule has 5 rings (SSSR count). The fraction of sp³-hybridized carbons (Fsp3) is 0.333. The molecule has 3 heterocycles. The second kappa shape index (κ2) is 9.83. The lowest BCUT2D eigenvalue weighted by Gasteiger charge is -2.32. The maximum atomic E-state index is 13.5. The fourth-order valence-electron chi connectivity index (χ4n) is 4.45. The third kappa shape index (κ3) is 4.64. The molecule has 36 heavy (non-hydrogen) atoms. The largest absolute Gasteiger partial charge is 0.497 e. The standard InChI is InChI=1S/C27H28N4O4S/c1-15(2)31-12-11-21-19(14-31)24(18-7-5-6-8-20(18)28-21)26(33)35-16(3)25(32)30-27-29-22-10-9-17(34-4)13-23(22)36-27/h5-10,13,15-16H,11-12,14H2,1-4H3,(H,29,30,32). The summed E-state index contributed by atoms with van der Waals surface area (Å²) in [6, 6.07) is 13.4. The Balaban J connectivity index is 1.39. The summed E-state index contributed by atoms with van der Waals surface area (Å²) in [4.78, 5) is 38.0. The summed E-state index contributed by atoms with van der Waals surface area (Å²) in [5.74, 6) is -0.243. The van der Waals surface area contributed by atoms with E-state index in [2.05, 4.69) is 29.0 Å². The van der Waals surface area contributed by atoms with Gasteiger partial charge >= 0.3 is 5.97 Å². The highest BCUT2D eigenvalue weighted by molar-refractivity contribution is 7.22. The van der Waals surface area contributed by atoms with Crippen molar-refractivity contribution in [3.05, 3.63) is 59.3 Å². The van der Waals surface area contributed by atoms with Crippen LogP contribution in [0.4, 0.5) is 5.13 Å². The van der Waals surface area contributed by atoms with Gasteiger partial charge in [0.1, 0.15) is 5.75 Å². The maximum absolute atomic E-state index is 13.5. The number of ether oxygens (including phenoxy) is 2. The second-order valence-corrected chi connectivity index (χ2v) is 10.2. The molecule has 186 valence electrons. The number of aromatic nitrogens is 2. The van der Waals surface area contributed by atoms with E-state index in [-0.39, 0.29) is 0 Å². The van der Waals surface area contributed by atoms with E-state index in [4.69, 9.17) is 14.5 Å². The Morgan fingerprint density at radius 1 is 1.08 bits per heavy atom. The first-order valence-electron chi connectivity index (χ1n) is 11.9. The van der Waals surface area contributed by atoms with Gasteiger partial charge < -0.3 is 9.47 Å². The van der Waals surface area contributed by atoms with E-state index < -0.39 is 18.0 Å². The third-order valence-corrected chi connectivity index (χ3v) is 7.42. The zero-order chi connectivity index (χ0) is 25.4. The SMILES string of the molecule is COc1ccc2nc(NC(=O)C(C)OC(=O)c3c4c(nc5ccccc35)CCN(C(C)C)C4)sc2c1. The van der Waals surface area contributed by atoms with Crippen LogP contribution in [-0.2, 0) is 22.5 Å². The van der Waals surface area contributed by atoms with E-state index in [1.54, 1.807) is 14.0 Å². The van der Waals surface area contributed by atoms with Crippen molar-refractivity contribution in [2.24, 2.45) is 0 Å². The van der Waals surface area contributed by atoms with Gasteiger partial charge in [-0.25, -0.2) is 9.78 Å². The molecule has 8 nitrogen and oxygen atoms in total. The second-order valence-electron chi connectivity index (χ2n) is 9.13. The summed E-state index contributed by atoms with van der Waals surface area (Å²) in [6.45, 7) is 7.35. The Morgan fingerprint density at radius 2 is 1.89 bits per heavy atom. The van der Waals surface area contributed by atoms with Crippen LogP contribution in [0.15, 0.2) is 42.5 Å². The van der Waals surface area contributed by atoms with E-state index in [9.17, 15) is 9.59 Å². The van der Waals surface area contributed by atoms with Gasteiger partial charge in [0, 0.05) is 42.2 Å². The van der Waals surface area contributed by atoms with Crippen LogP contribution in [0.5, 0.6) is 5.75 Å². The summed E-state index contributed by atoms with van der Waals surface area (Å²) >= 11 is 1.33. The number of rotatable bonds is 6. The number of hydrogen-bond donors (Lipinski definition) is 1.